The van der Waals surface area contributed by atoms with E-state index in [0.717, 1.165) is 28.3 Å². The van der Waals surface area contributed by atoms with E-state index in [1.165, 1.54) is 0 Å². The zero-order chi connectivity index (χ0) is 15.9. The minimum absolute atomic E-state index is 0.144. The van der Waals surface area contributed by atoms with Gasteiger partial charge >= 0.3 is 0 Å². The van der Waals surface area contributed by atoms with Crippen LogP contribution in [0.4, 0.5) is 5.82 Å². The Labute approximate surface area is 137 Å². The standard InChI is InChI=1S/C15H14Cl2N4O/c1-8-10(7-14(18)22)15-19-5-4-13(21(15)20-8)11-6-9(16)2-3-12(11)17/h2-4,6,19H,5,7H2,1H3,(H2,18,22). The van der Waals surface area contributed by atoms with Gasteiger partial charge in [0, 0.05) is 22.7 Å². The summed E-state index contributed by atoms with van der Waals surface area (Å²) in [5.74, 6) is 0.377. The Morgan fingerprint density at radius 2 is 2.23 bits per heavy atom. The van der Waals surface area contributed by atoms with E-state index in [-0.39, 0.29) is 6.42 Å². The predicted octanol–water partition coefficient (Wildman–Crippen LogP) is 2.84. The van der Waals surface area contributed by atoms with Crippen LogP contribution in [0.25, 0.3) is 5.70 Å². The number of halogens is 2. The van der Waals surface area contributed by atoms with Gasteiger partial charge in [0.15, 0.2) is 0 Å². The van der Waals surface area contributed by atoms with Crippen LogP contribution < -0.4 is 11.1 Å². The average Bonchev–Trinajstić information content (AvgIpc) is 2.77. The lowest BCUT2D eigenvalue weighted by Gasteiger charge is -2.19. The van der Waals surface area contributed by atoms with Crippen molar-refractivity contribution in [3.8, 4) is 0 Å². The molecule has 0 saturated heterocycles. The number of aromatic nitrogens is 2. The van der Waals surface area contributed by atoms with E-state index < -0.39 is 5.91 Å². The normalized spacial score (nSPS) is 13.3. The molecule has 3 rings (SSSR count). The van der Waals surface area contributed by atoms with Crippen molar-refractivity contribution in [1.82, 2.24) is 9.78 Å². The number of hydrogen-bond donors (Lipinski definition) is 2. The molecular formula is C15H14Cl2N4O. The third-order valence-corrected chi connectivity index (χ3v) is 4.10. The van der Waals surface area contributed by atoms with Crippen LogP contribution in [0.15, 0.2) is 24.3 Å². The molecule has 2 heterocycles. The van der Waals surface area contributed by atoms with Gasteiger partial charge in [-0.3, -0.25) is 4.79 Å². The van der Waals surface area contributed by atoms with Crippen LogP contribution in [0, 0.1) is 6.92 Å². The van der Waals surface area contributed by atoms with Crippen LogP contribution >= 0.6 is 23.2 Å². The maximum Gasteiger partial charge on any atom is 0.222 e. The Morgan fingerprint density at radius 3 is 2.95 bits per heavy atom. The van der Waals surface area contributed by atoms with E-state index in [1.54, 1.807) is 22.9 Å². The molecular weight excluding hydrogens is 323 g/mol. The average molecular weight is 337 g/mol. The van der Waals surface area contributed by atoms with Crippen LogP contribution in [0.5, 0.6) is 0 Å². The van der Waals surface area contributed by atoms with Crippen molar-refractivity contribution < 1.29 is 4.79 Å². The van der Waals surface area contributed by atoms with Crippen molar-refractivity contribution >= 4 is 40.6 Å². The molecule has 2 aromatic rings. The van der Waals surface area contributed by atoms with E-state index in [1.807, 2.05) is 13.0 Å². The smallest absolute Gasteiger partial charge is 0.222 e. The summed E-state index contributed by atoms with van der Waals surface area (Å²) in [6.45, 7) is 2.46. The molecule has 1 aliphatic heterocycles. The van der Waals surface area contributed by atoms with Gasteiger partial charge in [0.25, 0.3) is 0 Å². The van der Waals surface area contributed by atoms with Gasteiger partial charge in [-0.05, 0) is 31.2 Å². The first-order chi connectivity index (χ1) is 10.5. The van der Waals surface area contributed by atoms with Gasteiger partial charge in [0.05, 0.1) is 22.8 Å². The Bertz CT molecular complexity index is 795. The highest BCUT2D eigenvalue weighted by Crippen LogP contribution is 2.34. The number of nitrogens with zero attached hydrogens (tertiary/aromatic N) is 2. The van der Waals surface area contributed by atoms with Crippen molar-refractivity contribution in [3.63, 3.8) is 0 Å². The number of rotatable bonds is 3. The van der Waals surface area contributed by atoms with Crippen molar-refractivity contribution in [3.05, 3.63) is 51.1 Å². The molecule has 0 unspecified atom stereocenters. The topological polar surface area (TPSA) is 72.9 Å². The van der Waals surface area contributed by atoms with Crippen LogP contribution in [0.3, 0.4) is 0 Å². The van der Waals surface area contributed by atoms with Gasteiger partial charge in [-0.15, -0.1) is 0 Å². The van der Waals surface area contributed by atoms with Gasteiger partial charge in [-0.1, -0.05) is 23.2 Å². The molecule has 0 aliphatic carbocycles. The fourth-order valence-electron chi connectivity index (χ4n) is 2.55. The summed E-state index contributed by atoms with van der Waals surface area (Å²) in [7, 11) is 0. The molecule has 0 radical (unpaired) electrons. The zero-order valence-electron chi connectivity index (χ0n) is 11.9. The van der Waals surface area contributed by atoms with E-state index in [4.69, 9.17) is 28.9 Å². The SMILES string of the molecule is Cc1nn2c(c1CC(N)=O)NCC=C2c1cc(Cl)ccc1Cl. The molecule has 3 N–H and O–H groups in total. The maximum absolute atomic E-state index is 11.3. The number of carbonyl (C=O) groups excluding carboxylic acids is 1. The Kier molecular flexibility index (Phi) is 3.85. The number of primary amides is 1. The number of hydrogen-bond acceptors (Lipinski definition) is 3. The molecule has 0 fully saturated rings. The number of nitrogens with two attached hydrogens (primary N) is 1. The van der Waals surface area contributed by atoms with E-state index >= 15 is 0 Å². The minimum atomic E-state index is -0.391. The van der Waals surface area contributed by atoms with Crippen LogP contribution in [0.1, 0.15) is 16.8 Å². The second-order valence-electron chi connectivity index (χ2n) is 5.06. The number of fused-ring (bicyclic) bond motifs is 1. The Morgan fingerprint density at radius 1 is 1.45 bits per heavy atom. The fourth-order valence-corrected chi connectivity index (χ4v) is 2.94. The number of anilines is 1. The van der Waals surface area contributed by atoms with Gasteiger partial charge in [0.1, 0.15) is 5.82 Å². The van der Waals surface area contributed by atoms with Gasteiger partial charge in [-0.2, -0.15) is 5.10 Å². The maximum atomic E-state index is 11.3. The highest BCUT2D eigenvalue weighted by Gasteiger charge is 2.23. The molecule has 1 aromatic heterocycles. The molecule has 114 valence electrons. The van der Waals surface area contributed by atoms with Crippen LogP contribution in [-0.4, -0.2) is 22.2 Å². The second-order valence-corrected chi connectivity index (χ2v) is 5.91. The number of carbonyl (C=O) groups is 1. The summed E-state index contributed by atoms with van der Waals surface area (Å²) >= 11 is 12.4. The van der Waals surface area contributed by atoms with E-state index in [9.17, 15) is 4.79 Å². The molecule has 1 amide bonds. The van der Waals surface area contributed by atoms with Crippen LogP contribution in [0.2, 0.25) is 10.0 Å². The summed E-state index contributed by atoms with van der Waals surface area (Å²) in [6.07, 6.45) is 2.12. The van der Waals surface area contributed by atoms with Crippen LogP contribution in [-0.2, 0) is 11.2 Å². The minimum Gasteiger partial charge on any atom is -0.369 e. The first-order valence-electron chi connectivity index (χ1n) is 6.74. The van der Waals surface area contributed by atoms with Crippen molar-refractivity contribution in [2.24, 2.45) is 5.73 Å². The summed E-state index contributed by atoms with van der Waals surface area (Å²) in [4.78, 5) is 11.3. The summed E-state index contributed by atoms with van der Waals surface area (Å²) in [5.41, 5.74) is 8.51. The molecule has 22 heavy (non-hydrogen) atoms. The Balaban J connectivity index is 2.13. The fraction of sp³-hybridized carbons (Fsp3) is 0.200. The van der Waals surface area contributed by atoms with Gasteiger partial charge in [-0.25, -0.2) is 4.68 Å². The number of amides is 1. The molecule has 1 aliphatic rings. The van der Waals surface area contributed by atoms with Crippen molar-refractivity contribution in [2.45, 2.75) is 13.3 Å². The summed E-state index contributed by atoms with van der Waals surface area (Å²) in [5, 5.41) is 8.93. The van der Waals surface area contributed by atoms with Crippen molar-refractivity contribution in [1.29, 1.82) is 0 Å². The third kappa shape index (κ3) is 2.58. The van der Waals surface area contributed by atoms with Gasteiger partial charge < -0.3 is 11.1 Å². The highest BCUT2D eigenvalue weighted by molar-refractivity contribution is 6.34. The van der Waals surface area contributed by atoms with Gasteiger partial charge in [0.2, 0.25) is 5.91 Å². The second kappa shape index (κ2) is 5.66. The number of nitrogens with one attached hydrogen (secondary N) is 1. The lowest BCUT2D eigenvalue weighted by molar-refractivity contribution is -0.117. The highest BCUT2D eigenvalue weighted by atomic mass is 35.5. The van der Waals surface area contributed by atoms with E-state index in [0.29, 0.717) is 16.6 Å². The first-order valence-corrected chi connectivity index (χ1v) is 7.49. The number of aryl methyl sites for hydroxylation is 1. The van der Waals surface area contributed by atoms with E-state index in [2.05, 4.69) is 10.4 Å². The molecule has 1 aromatic carbocycles. The van der Waals surface area contributed by atoms with Crippen molar-refractivity contribution in [2.75, 3.05) is 11.9 Å². The molecule has 5 nitrogen and oxygen atoms in total. The monoisotopic (exact) mass is 336 g/mol. The summed E-state index contributed by atoms with van der Waals surface area (Å²) < 4.78 is 1.74. The third-order valence-electron chi connectivity index (χ3n) is 3.53. The number of benzene rings is 1. The molecule has 0 bridgehead atoms. The molecule has 0 atom stereocenters. The quantitative estimate of drug-likeness (QED) is 0.905. The first kappa shape index (κ1) is 14.9. The lowest BCUT2D eigenvalue weighted by atomic mass is 10.1. The Hall–Kier alpha value is -1.98. The lowest BCUT2D eigenvalue weighted by Crippen LogP contribution is -2.18. The molecule has 7 heteroatoms. The molecule has 0 saturated carbocycles. The largest absolute Gasteiger partial charge is 0.369 e. The summed E-state index contributed by atoms with van der Waals surface area (Å²) in [6, 6.07) is 5.29. The zero-order valence-corrected chi connectivity index (χ0v) is 13.4. The predicted molar refractivity (Wildman–Crippen MR) is 88.2 cm³/mol. The molecule has 0 spiro atoms.